The molecule has 0 aliphatic heterocycles. The van der Waals surface area contributed by atoms with E-state index in [9.17, 15) is 4.79 Å². The third-order valence-electron chi connectivity index (χ3n) is 5.07. The molecule has 4 bridgehead atoms. The fraction of sp³-hybridized carbons (Fsp3) is 0.667. The van der Waals surface area contributed by atoms with Crippen LogP contribution in [-0.2, 0) is 9.53 Å². The predicted octanol–water partition coefficient (Wildman–Crippen LogP) is 2.71. The fourth-order valence-corrected chi connectivity index (χ4v) is 4.15. The van der Waals surface area contributed by atoms with Crippen molar-refractivity contribution in [1.29, 1.82) is 0 Å². The summed E-state index contributed by atoms with van der Waals surface area (Å²) in [6, 6.07) is 0. The maximum Gasteiger partial charge on any atom is 0.309 e. The average molecular weight is 230 g/mol. The van der Waals surface area contributed by atoms with Crippen LogP contribution < -0.4 is 0 Å². The molecule has 0 aromatic heterocycles. The molecule has 0 saturated heterocycles. The maximum atomic E-state index is 12.2. The smallest absolute Gasteiger partial charge is 0.309 e. The van der Waals surface area contributed by atoms with E-state index >= 15 is 0 Å². The highest BCUT2D eigenvalue weighted by atomic mass is 16.5. The molecule has 2 saturated carbocycles. The molecule has 90 valence electrons. The van der Waals surface area contributed by atoms with E-state index in [0.29, 0.717) is 23.7 Å². The summed E-state index contributed by atoms with van der Waals surface area (Å²) in [7, 11) is 0. The summed E-state index contributed by atoms with van der Waals surface area (Å²) in [5.74, 6) is 2.55. The zero-order valence-electron chi connectivity index (χ0n) is 9.92. The number of carbonyl (C=O) groups is 1. The largest absolute Gasteiger partial charge is 0.461 e. The molecule has 0 aromatic carbocycles. The van der Waals surface area contributed by atoms with Gasteiger partial charge in [-0.1, -0.05) is 24.3 Å². The van der Waals surface area contributed by atoms with Gasteiger partial charge in [0.2, 0.25) is 0 Å². The van der Waals surface area contributed by atoms with Crippen molar-refractivity contribution in [3.63, 3.8) is 0 Å². The predicted molar refractivity (Wildman–Crippen MR) is 64.1 cm³/mol. The van der Waals surface area contributed by atoms with Gasteiger partial charge >= 0.3 is 5.97 Å². The van der Waals surface area contributed by atoms with Gasteiger partial charge in [-0.25, -0.2) is 0 Å². The Balaban J connectivity index is 1.42. The summed E-state index contributed by atoms with van der Waals surface area (Å²) < 4.78 is 5.76. The Bertz CT molecular complexity index is 409. The number of rotatable bonds is 2. The van der Waals surface area contributed by atoms with Gasteiger partial charge in [0.1, 0.15) is 6.10 Å². The first kappa shape index (κ1) is 9.93. The van der Waals surface area contributed by atoms with E-state index in [4.69, 9.17) is 4.74 Å². The first-order valence-corrected chi connectivity index (χ1v) is 6.87. The normalized spacial score (nSPS) is 49.2. The molecule has 0 N–H and O–H groups in total. The molecular formula is C15H18O2. The Kier molecular flexibility index (Phi) is 2.03. The second-order valence-electron chi connectivity index (χ2n) is 6.14. The molecule has 17 heavy (non-hydrogen) atoms. The highest BCUT2D eigenvalue weighted by molar-refractivity contribution is 5.74. The van der Waals surface area contributed by atoms with E-state index in [0.717, 1.165) is 12.8 Å². The van der Waals surface area contributed by atoms with Crippen LogP contribution in [0.3, 0.4) is 0 Å². The van der Waals surface area contributed by atoms with E-state index in [1.54, 1.807) is 0 Å². The summed E-state index contributed by atoms with van der Waals surface area (Å²) in [6.45, 7) is 0. The van der Waals surface area contributed by atoms with Crippen LogP contribution in [0.5, 0.6) is 0 Å². The summed E-state index contributed by atoms with van der Waals surface area (Å²) >= 11 is 0. The molecule has 4 rings (SSSR count). The molecule has 4 aliphatic carbocycles. The van der Waals surface area contributed by atoms with Gasteiger partial charge in [-0.15, -0.1) is 0 Å². The van der Waals surface area contributed by atoms with Gasteiger partial charge in [-0.05, 0) is 43.4 Å². The Labute approximate surface area is 102 Å². The summed E-state index contributed by atoms with van der Waals surface area (Å²) in [6.07, 6.45) is 13.7. The number of ether oxygens (including phenoxy) is 1. The number of hydrogen-bond donors (Lipinski definition) is 0. The zero-order chi connectivity index (χ0) is 11.4. The molecule has 0 amide bonds. The van der Waals surface area contributed by atoms with Crippen LogP contribution >= 0.6 is 0 Å². The van der Waals surface area contributed by atoms with Crippen molar-refractivity contribution in [2.24, 2.45) is 29.6 Å². The van der Waals surface area contributed by atoms with Crippen LogP contribution in [0.1, 0.15) is 25.7 Å². The zero-order valence-corrected chi connectivity index (χ0v) is 9.92. The van der Waals surface area contributed by atoms with E-state index in [2.05, 4.69) is 24.3 Å². The molecule has 2 fully saturated rings. The van der Waals surface area contributed by atoms with Gasteiger partial charge < -0.3 is 4.74 Å². The Hall–Kier alpha value is -1.05. The van der Waals surface area contributed by atoms with Crippen molar-refractivity contribution in [1.82, 2.24) is 0 Å². The van der Waals surface area contributed by atoms with Crippen molar-refractivity contribution >= 4 is 5.97 Å². The second kappa shape index (κ2) is 3.47. The van der Waals surface area contributed by atoms with Crippen molar-refractivity contribution in [2.75, 3.05) is 0 Å². The van der Waals surface area contributed by atoms with Crippen molar-refractivity contribution < 1.29 is 9.53 Å². The quantitative estimate of drug-likeness (QED) is 0.538. The number of hydrogen-bond acceptors (Lipinski definition) is 2. The summed E-state index contributed by atoms with van der Waals surface area (Å²) in [5.41, 5.74) is 0. The van der Waals surface area contributed by atoms with Gasteiger partial charge in [-0.2, -0.15) is 0 Å². The van der Waals surface area contributed by atoms with Gasteiger partial charge in [0, 0.05) is 5.92 Å². The molecular weight excluding hydrogens is 212 g/mol. The maximum absolute atomic E-state index is 12.2. The highest BCUT2D eigenvalue weighted by Gasteiger charge is 2.44. The molecule has 0 spiro atoms. The fourth-order valence-electron chi connectivity index (χ4n) is 4.15. The Morgan fingerprint density at radius 1 is 0.882 bits per heavy atom. The number of fused-ring (bicyclic) bond motifs is 4. The van der Waals surface area contributed by atoms with Crippen LogP contribution in [0.2, 0.25) is 0 Å². The van der Waals surface area contributed by atoms with Crippen LogP contribution in [0.4, 0.5) is 0 Å². The van der Waals surface area contributed by atoms with Crippen molar-refractivity contribution in [3.8, 4) is 0 Å². The van der Waals surface area contributed by atoms with Gasteiger partial charge in [0.15, 0.2) is 0 Å². The molecule has 2 nitrogen and oxygen atoms in total. The van der Waals surface area contributed by atoms with Crippen LogP contribution in [0.15, 0.2) is 24.3 Å². The molecule has 4 aliphatic rings. The lowest BCUT2D eigenvalue weighted by Gasteiger charge is -2.23. The first-order valence-electron chi connectivity index (χ1n) is 6.87. The van der Waals surface area contributed by atoms with E-state index in [-0.39, 0.29) is 18.0 Å². The molecule has 6 unspecified atom stereocenters. The topological polar surface area (TPSA) is 26.3 Å². The Morgan fingerprint density at radius 2 is 1.59 bits per heavy atom. The minimum Gasteiger partial charge on any atom is -0.461 e. The van der Waals surface area contributed by atoms with Gasteiger partial charge in [0.05, 0.1) is 5.92 Å². The molecule has 0 radical (unpaired) electrons. The van der Waals surface area contributed by atoms with Crippen LogP contribution in [-0.4, -0.2) is 12.1 Å². The van der Waals surface area contributed by atoms with E-state index in [1.165, 1.54) is 12.8 Å². The lowest BCUT2D eigenvalue weighted by atomic mass is 9.93. The van der Waals surface area contributed by atoms with E-state index < -0.39 is 0 Å². The average Bonchev–Trinajstić information content (AvgIpc) is 3.08. The summed E-state index contributed by atoms with van der Waals surface area (Å²) in [5, 5.41) is 0. The van der Waals surface area contributed by atoms with Crippen LogP contribution in [0, 0.1) is 29.6 Å². The molecule has 6 atom stereocenters. The lowest BCUT2D eigenvalue weighted by Crippen LogP contribution is -2.28. The molecule has 2 heteroatoms. The monoisotopic (exact) mass is 230 g/mol. The standard InChI is InChI=1S/C15H18O2/c16-15(13-7-9-1-3-11(13)5-9)17-14-8-10-2-4-12(14)6-10/h1-4,9-14H,5-8H2. The number of allylic oxidation sites excluding steroid dienone is 3. The molecule has 0 heterocycles. The van der Waals surface area contributed by atoms with Crippen molar-refractivity contribution in [2.45, 2.75) is 31.8 Å². The minimum atomic E-state index is 0.0767. The SMILES string of the molecule is O=C(OC1CC2C=CC1C2)C1CC2C=CC1C2. The van der Waals surface area contributed by atoms with Crippen LogP contribution in [0.25, 0.3) is 0 Å². The third-order valence-corrected chi connectivity index (χ3v) is 5.07. The lowest BCUT2D eigenvalue weighted by molar-refractivity contribution is -0.156. The van der Waals surface area contributed by atoms with E-state index in [1.807, 2.05) is 0 Å². The van der Waals surface area contributed by atoms with Gasteiger partial charge in [-0.3, -0.25) is 4.79 Å². The highest BCUT2D eigenvalue weighted by Crippen LogP contribution is 2.46. The van der Waals surface area contributed by atoms with Crippen molar-refractivity contribution in [3.05, 3.63) is 24.3 Å². The molecule has 0 aromatic rings. The minimum absolute atomic E-state index is 0.0767. The first-order chi connectivity index (χ1) is 8.29. The Morgan fingerprint density at radius 3 is 2.12 bits per heavy atom. The second-order valence-corrected chi connectivity index (χ2v) is 6.14. The third kappa shape index (κ3) is 1.50. The van der Waals surface area contributed by atoms with Gasteiger partial charge in [0.25, 0.3) is 0 Å². The number of carbonyl (C=O) groups excluding carboxylic acids is 1. The number of esters is 1. The summed E-state index contributed by atoms with van der Waals surface area (Å²) in [4.78, 5) is 12.2.